The van der Waals surface area contributed by atoms with Crippen LogP contribution in [0.3, 0.4) is 0 Å². The van der Waals surface area contributed by atoms with Crippen LogP contribution >= 0.6 is 24.0 Å². The molecule has 0 aliphatic carbocycles. The summed E-state index contributed by atoms with van der Waals surface area (Å²) in [6.07, 6.45) is 0.439. The first-order valence-corrected chi connectivity index (χ1v) is 9.85. The number of piperazine rings is 1. The number of rotatable bonds is 3. The third kappa shape index (κ3) is 5.94. The minimum Gasteiger partial charge on any atom is -0.450 e. The zero-order valence-corrected chi connectivity index (χ0v) is 17.4. The lowest BCUT2D eigenvalue weighted by molar-refractivity contribution is 0.0914. The third-order valence-corrected chi connectivity index (χ3v) is 6.03. The van der Waals surface area contributed by atoms with Gasteiger partial charge < -0.3 is 19.9 Å². The van der Waals surface area contributed by atoms with Crippen molar-refractivity contribution in [2.75, 3.05) is 57.9 Å². The monoisotopic (exact) mass is 474 g/mol. The number of aliphatic imine (C=N–C) groups is 1. The predicted molar refractivity (Wildman–Crippen MR) is 104 cm³/mol. The van der Waals surface area contributed by atoms with Crippen LogP contribution in [0.4, 0.5) is 4.79 Å². The van der Waals surface area contributed by atoms with E-state index in [0.29, 0.717) is 45.8 Å². The smallest absolute Gasteiger partial charge is 0.409 e. The van der Waals surface area contributed by atoms with Gasteiger partial charge in [-0.2, -0.15) is 0 Å². The van der Waals surface area contributed by atoms with Crippen molar-refractivity contribution in [2.24, 2.45) is 10.9 Å². The zero-order chi connectivity index (χ0) is 16.9. The minimum absolute atomic E-state index is 0. The average molecular weight is 474 g/mol. The van der Waals surface area contributed by atoms with Crippen LogP contribution in [0.25, 0.3) is 0 Å². The highest BCUT2D eigenvalue weighted by Crippen LogP contribution is 2.17. The van der Waals surface area contributed by atoms with E-state index in [0.717, 1.165) is 5.96 Å². The summed E-state index contributed by atoms with van der Waals surface area (Å²) in [4.78, 5) is 19.7. The van der Waals surface area contributed by atoms with Crippen molar-refractivity contribution in [2.45, 2.75) is 13.3 Å². The molecule has 10 heteroatoms. The molecule has 1 unspecified atom stereocenters. The first-order valence-electron chi connectivity index (χ1n) is 8.03. The molecule has 0 aromatic carbocycles. The Kier molecular flexibility index (Phi) is 8.54. The van der Waals surface area contributed by atoms with Crippen LogP contribution in [0, 0.1) is 5.92 Å². The van der Waals surface area contributed by atoms with Gasteiger partial charge in [0.15, 0.2) is 15.8 Å². The lowest BCUT2D eigenvalue weighted by Gasteiger charge is -2.36. The lowest BCUT2D eigenvalue weighted by Crippen LogP contribution is -2.54. The summed E-state index contributed by atoms with van der Waals surface area (Å²) in [7, 11) is -1.14. The van der Waals surface area contributed by atoms with Crippen LogP contribution in [0.5, 0.6) is 0 Å². The van der Waals surface area contributed by atoms with Crippen molar-refractivity contribution >= 4 is 45.9 Å². The van der Waals surface area contributed by atoms with Crippen molar-refractivity contribution in [3.8, 4) is 0 Å². The highest BCUT2D eigenvalue weighted by molar-refractivity contribution is 14.0. The van der Waals surface area contributed by atoms with E-state index in [1.807, 2.05) is 0 Å². The second kappa shape index (κ2) is 9.64. The van der Waals surface area contributed by atoms with E-state index in [9.17, 15) is 13.2 Å². The number of hydrogen-bond acceptors (Lipinski definition) is 5. The molecule has 2 aliphatic rings. The standard InChI is InChI=1S/C14H26N4O4S.HI/c1-3-22-14(19)18-7-5-17(6-8-18)13(15-2)16-10-12-4-9-23(20,21)11-12;/h12H,3-11H2,1-2H3,(H,15,16);1H. The van der Waals surface area contributed by atoms with E-state index >= 15 is 0 Å². The van der Waals surface area contributed by atoms with Crippen molar-refractivity contribution < 1.29 is 17.9 Å². The summed E-state index contributed by atoms with van der Waals surface area (Å²) in [5, 5.41) is 3.26. The van der Waals surface area contributed by atoms with Crippen LogP contribution in [0.1, 0.15) is 13.3 Å². The van der Waals surface area contributed by atoms with E-state index in [1.54, 1.807) is 18.9 Å². The van der Waals surface area contributed by atoms with Crippen molar-refractivity contribution in [3.05, 3.63) is 0 Å². The van der Waals surface area contributed by atoms with Gasteiger partial charge in [0, 0.05) is 39.8 Å². The van der Waals surface area contributed by atoms with Gasteiger partial charge in [0.05, 0.1) is 18.1 Å². The van der Waals surface area contributed by atoms with Gasteiger partial charge in [0.1, 0.15) is 0 Å². The molecule has 0 radical (unpaired) electrons. The maximum atomic E-state index is 11.7. The van der Waals surface area contributed by atoms with Gasteiger partial charge in [-0.1, -0.05) is 0 Å². The molecule has 24 heavy (non-hydrogen) atoms. The summed E-state index contributed by atoms with van der Waals surface area (Å²) in [5.74, 6) is 1.46. The van der Waals surface area contributed by atoms with Crippen molar-refractivity contribution in [3.63, 3.8) is 0 Å². The quantitative estimate of drug-likeness (QED) is 0.362. The van der Waals surface area contributed by atoms with E-state index in [-0.39, 0.29) is 47.5 Å². The molecule has 2 aliphatic heterocycles. The Labute approximate surface area is 160 Å². The molecule has 2 heterocycles. The number of nitrogens with zero attached hydrogens (tertiary/aromatic N) is 3. The topological polar surface area (TPSA) is 91.3 Å². The number of halogens is 1. The van der Waals surface area contributed by atoms with Gasteiger partial charge in [0.2, 0.25) is 0 Å². The second-order valence-corrected chi connectivity index (χ2v) is 8.10. The number of sulfone groups is 1. The van der Waals surface area contributed by atoms with Crippen LogP contribution < -0.4 is 5.32 Å². The molecule has 1 atom stereocenters. The van der Waals surface area contributed by atoms with E-state index in [2.05, 4.69) is 15.2 Å². The Hall–Kier alpha value is -0.780. The molecule has 8 nitrogen and oxygen atoms in total. The third-order valence-electron chi connectivity index (χ3n) is 4.19. The van der Waals surface area contributed by atoms with E-state index in [1.165, 1.54) is 0 Å². The second-order valence-electron chi connectivity index (χ2n) is 5.87. The van der Waals surface area contributed by atoms with E-state index < -0.39 is 9.84 Å². The molecular formula is C14H27IN4O4S. The molecule has 0 saturated carbocycles. The molecule has 2 rings (SSSR count). The van der Waals surface area contributed by atoms with Crippen LogP contribution in [0.2, 0.25) is 0 Å². The highest BCUT2D eigenvalue weighted by atomic mass is 127. The summed E-state index contributed by atoms with van der Waals surface area (Å²) in [6, 6.07) is 0. The van der Waals surface area contributed by atoms with Crippen LogP contribution in [-0.4, -0.2) is 88.2 Å². The predicted octanol–water partition coefficient (Wildman–Crippen LogP) is 0.389. The SMILES string of the molecule is CCOC(=O)N1CCN(C(=NC)NCC2CCS(=O)(=O)C2)CC1.I. The van der Waals surface area contributed by atoms with Crippen LogP contribution in [0.15, 0.2) is 4.99 Å². The number of carbonyl (C=O) groups is 1. The highest BCUT2D eigenvalue weighted by Gasteiger charge is 2.29. The fourth-order valence-corrected chi connectivity index (χ4v) is 4.78. The van der Waals surface area contributed by atoms with Crippen molar-refractivity contribution in [1.82, 2.24) is 15.1 Å². The lowest BCUT2D eigenvalue weighted by atomic mass is 10.1. The number of amides is 1. The molecule has 0 bridgehead atoms. The maximum Gasteiger partial charge on any atom is 0.409 e. The average Bonchev–Trinajstić information content (AvgIpc) is 2.88. The van der Waals surface area contributed by atoms with Crippen molar-refractivity contribution in [1.29, 1.82) is 0 Å². The van der Waals surface area contributed by atoms with Gasteiger partial charge >= 0.3 is 6.09 Å². The summed E-state index contributed by atoms with van der Waals surface area (Å²) < 4.78 is 28.0. The number of carbonyl (C=O) groups excluding carboxylic acids is 1. The summed E-state index contributed by atoms with van der Waals surface area (Å²) in [6.45, 7) is 5.34. The number of hydrogen-bond donors (Lipinski definition) is 1. The van der Waals surface area contributed by atoms with Gasteiger partial charge in [-0.05, 0) is 19.3 Å². The maximum absolute atomic E-state index is 11.7. The zero-order valence-electron chi connectivity index (χ0n) is 14.2. The van der Waals surface area contributed by atoms with Crippen LogP contribution in [-0.2, 0) is 14.6 Å². The molecule has 2 saturated heterocycles. The van der Waals surface area contributed by atoms with Gasteiger partial charge in [-0.25, -0.2) is 13.2 Å². The first kappa shape index (κ1) is 21.3. The number of ether oxygens (including phenoxy) is 1. The Morgan fingerprint density at radius 3 is 2.38 bits per heavy atom. The summed E-state index contributed by atoms with van der Waals surface area (Å²) in [5.41, 5.74) is 0. The Balaban J connectivity index is 0.00000288. The molecule has 1 N–H and O–H groups in total. The molecule has 1 amide bonds. The molecule has 140 valence electrons. The minimum atomic E-state index is -2.85. The fraction of sp³-hybridized carbons (Fsp3) is 0.857. The molecule has 0 spiro atoms. The summed E-state index contributed by atoms with van der Waals surface area (Å²) >= 11 is 0. The van der Waals surface area contributed by atoms with Gasteiger partial charge in [-0.15, -0.1) is 24.0 Å². The molecule has 0 aromatic rings. The molecule has 2 fully saturated rings. The molecule has 0 aromatic heterocycles. The number of nitrogens with one attached hydrogen (secondary N) is 1. The van der Waals surface area contributed by atoms with Gasteiger partial charge in [-0.3, -0.25) is 4.99 Å². The van der Waals surface area contributed by atoms with Gasteiger partial charge in [0.25, 0.3) is 0 Å². The Morgan fingerprint density at radius 1 is 1.25 bits per heavy atom. The normalized spacial score (nSPS) is 23.6. The fourth-order valence-electron chi connectivity index (χ4n) is 2.92. The van der Waals surface area contributed by atoms with E-state index in [4.69, 9.17) is 4.74 Å². The number of guanidine groups is 1. The Bertz CT molecular complexity index is 547. The molecular weight excluding hydrogens is 447 g/mol. The first-order chi connectivity index (χ1) is 10.9. The largest absolute Gasteiger partial charge is 0.450 e. The Morgan fingerprint density at radius 2 is 1.88 bits per heavy atom.